The number of carbonyl (C=O) groups is 1. The minimum atomic E-state index is -0.940. The smallest absolute Gasteiger partial charge is 0.336 e. The lowest BCUT2D eigenvalue weighted by molar-refractivity contribution is -0.133. The molecule has 0 radical (unpaired) electrons. The Kier molecular flexibility index (Phi) is 2.98. The van der Waals surface area contributed by atoms with E-state index in [1.54, 1.807) is 19.1 Å². The van der Waals surface area contributed by atoms with E-state index in [-0.39, 0.29) is 11.0 Å². The number of oxazole rings is 1. The molecule has 2 heterocycles. The molecule has 0 fully saturated rings. The lowest BCUT2D eigenvalue weighted by Crippen LogP contribution is -1.98. The number of benzene rings is 1. The van der Waals surface area contributed by atoms with Crippen LogP contribution in [0, 0.1) is 6.92 Å². The predicted octanol–water partition coefficient (Wildman–Crippen LogP) is 2.42. The van der Waals surface area contributed by atoms with Crippen LogP contribution in [0.4, 0.5) is 0 Å². The zero-order chi connectivity index (χ0) is 14.3. The highest BCUT2D eigenvalue weighted by Crippen LogP contribution is 2.30. The summed E-state index contributed by atoms with van der Waals surface area (Å²) in [7, 11) is 0. The molecule has 0 unspecified atom stereocenters. The van der Waals surface area contributed by atoms with Crippen LogP contribution in [0.25, 0.3) is 22.1 Å². The van der Waals surface area contributed by atoms with Crippen molar-refractivity contribution < 1.29 is 18.7 Å². The van der Waals surface area contributed by atoms with Gasteiger partial charge in [-0.2, -0.15) is 0 Å². The molecule has 0 amide bonds. The number of thioether (sulfide) groups is 1. The SMILES string of the molecule is Cc1cc(=O)oc2ccc3oc(SCC(=O)O)nc3c12. The van der Waals surface area contributed by atoms with Crippen LogP contribution in [0.1, 0.15) is 5.56 Å². The zero-order valence-electron chi connectivity index (χ0n) is 10.4. The summed E-state index contributed by atoms with van der Waals surface area (Å²) in [5.74, 6) is -1.07. The number of hydrogen-bond acceptors (Lipinski definition) is 6. The fraction of sp³-hybridized carbons (Fsp3) is 0.154. The second-order valence-electron chi connectivity index (χ2n) is 4.20. The molecule has 0 atom stereocenters. The summed E-state index contributed by atoms with van der Waals surface area (Å²) >= 11 is 1.00. The van der Waals surface area contributed by atoms with Crippen LogP contribution >= 0.6 is 11.8 Å². The Hall–Kier alpha value is -2.28. The van der Waals surface area contributed by atoms with E-state index in [0.717, 1.165) is 17.3 Å². The number of fused-ring (bicyclic) bond motifs is 3. The van der Waals surface area contributed by atoms with E-state index >= 15 is 0 Å². The number of aromatic nitrogens is 1. The van der Waals surface area contributed by atoms with E-state index < -0.39 is 11.6 Å². The third kappa shape index (κ3) is 2.16. The van der Waals surface area contributed by atoms with Crippen molar-refractivity contribution in [2.75, 3.05) is 5.75 Å². The number of hydrogen-bond donors (Lipinski definition) is 1. The van der Waals surface area contributed by atoms with E-state index in [2.05, 4.69) is 4.98 Å². The molecule has 20 heavy (non-hydrogen) atoms. The van der Waals surface area contributed by atoms with Crippen LogP contribution in [0.3, 0.4) is 0 Å². The standard InChI is InChI=1S/C13H9NO5S/c1-6-4-10(17)18-7-2-3-8-12(11(6)7)14-13(19-8)20-5-9(15)16/h2-4H,5H2,1H3,(H,15,16). The van der Waals surface area contributed by atoms with E-state index in [1.165, 1.54) is 6.07 Å². The van der Waals surface area contributed by atoms with Crippen molar-refractivity contribution >= 4 is 39.8 Å². The molecule has 7 heteroatoms. The van der Waals surface area contributed by atoms with E-state index in [0.29, 0.717) is 22.1 Å². The first-order valence-electron chi connectivity index (χ1n) is 5.73. The lowest BCUT2D eigenvalue weighted by atomic mass is 10.1. The fourth-order valence-electron chi connectivity index (χ4n) is 1.99. The van der Waals surface area contributed by atoms with Gasteiger partial charge in [-0.25, -0.2) is 9.78 Å². The normalized spacial score (nSPS) is 11.2. The molecule has 0 aliphatic heterocycles. The topological polar surface area (TPSA) is 93.5 Å². The van der Waals surface area contributed by atoms with Crippen molar-refractivity contribution in [1.82, 2.24) is 4.98 Å². The van der Waals surface area contributed by atoms with Crippen LogP contribution in [-0.2, 0) is 4.79 Å². The largest absolute Gasteiger partial charge is 0.481 e. The maximum atomic E-state index is 11.3. The van der Waals surface area contributed by atoms with Crippen LogP contribution < -0.4 is 5.63 Å². The van der Waals surface area contributed by atoms with Gasteiger partial charge in [0.25, 0.3) is 5.22 Å². The number of rotatable bonds is 3. The Morgan fingerprint density at radius 3 is 2.85 bits per heavy atom. The third-order valence-corrected chi connectivity index (χ3v) is 3.57. The first-order valence-corrected chi connectivity index (χ1v) is 6.72. The van der Waals surface area contributed by atoms with E-state index in [9.17, 15) is 9.59 Å². The Morgan fingerprint density at radius 1 is 1.35 bits per heavy atom. The minimum absolute atomic E-state index is 0.126. The Labute approximate surface area is 116 Å². The van der Waals surface area contributed by atoms with Gasteiger partial charge in [0.1, 0.15) is 16.9 Å². The second-order valence-corrected chi connectivity index (χ2v) is 5.12. The summed E-state index contributed by atoms with van der Waals surface area (Å²) in [6.45, 7) is 1.79. The Morgan fingerprint density at radius 2 is 2.10 bits per heavy atom. The molecule has 0 saturated carbocycles. The van der Waals surface area contributed by atoms with Crippen LogP contribution in [0.2, 0.25) is 0 Å². The summed E-state index contributed by atoms with van der Waals surface area (Å²) in [5.41, 5.74) is 1.85. The molecule has 0 aliphatic carbocycles. The van der Waals surface area contributed by atoms with Gasteiger partial charge >= 0.3 is 11.6 Å². The molecule has 3 rings (SSSR count). The van der Waals surface area contributed by atoms with Gasteiger partial charge in [-0.3, -0.25) is 4.79 Å². The van der Waals surface area contributed by atoms with Gasteiger partial charge in [-0.05, 0) is 24.6 Å². The van der Waals surface area contributed by atoms with Gasteiger partial charge in [0, 0.05) is 6.07 Å². The molecule has 0 bridgehead atoms. The molecule has 0 saturated heterocycles. The lowest BCUT2D eigenvalue weighted by Gasteiger charge is -1.99. The van der Waals surface area contributed by atoms with Crippen molar-refractivity contribution in [2.45, 2.75) is 12.1 Å². The average molecular weight is 291 g/mol. The molecule has 102 valence electrons. The Balaban J connectivity index is 2.20. The summed E-state index contributed by atoms with van der Waals surface area (Å²) < 4.78 is 10.6. The fourth-order valence-corrected chi connectivity index (χ4v) is 2.54. The number of aliphatic carboxylic acids is 1. The van der Waals surface area contributed by atoms with Gasteiger partial charge in [-0.1, -0.05) is 11.8 Å². The highest BCUT2D eigenvalue weighted by Gasteiger charge is 2.14. The van der Waals surface area contributed by atoms with E-state index in [4.69, 9.17) is 13.9 Å². The summed E-state index contributed by atoms with van der Waals surface area (Å²) in [4.78, 5) is 26.2. The van der Waals surface area contributed by atoms with Crippen LogP contribution in [-0.4, -0.2) is 21.8 Å². The summed E-state index contributed by atoms with van der Waals surface area (Å²) in [6.07, 6.45) is 0. The number of nitrogens with zero attached hydrogens (tertiary/aromatic N) is 1. The van der Waals surface area contributed by atoms with Gasteiger partial charge < -0.3 is 13.9 Å². The number of aryl methyl sites for hydroxylation is 1. The molecule has 3 aromatic rings. The predicted molar refractivity (Wildman–Crippen MR) is 73.1 cm³/mol. The van der Waals surface area contributed by atoms with Crippen molar-refractivity contribution in [2.24, 2.45) is 0 Å². The van der Waals surface area contributed by atoms with Crippen molar-refractivity contribution in [3.8, 4) is 0 Å². The molecule has 0 spiro atoms. The first-order chi connectivity index (χ1) is 9.54. The quantitative estimate of drug-likeness (QED) is 0.585. The second kappa shape index (κ2) is 4.68. The van der Waals surface area contributed by atoms with Crippen molar-refractivity contribution in [1.29, 1.82) is 0 Å². The average Bonchev–Trinajstić information content (AvgIpc) is 2.78. The van der Waals surface area contributed by atoms with Crippen molar-refractivity contribution in [3.05, 3.63) is 34.2 Å². The van der Waals surface area contributed by atoms with Gasteiger partial charge in [-0.15, -0.1) is 0 Å². The Bertz CT molecular complexity index is 879. The van der Waals surface area contributed by atoms with Gasteiger partial charge in [0.2, 0.25) is 0 Å². The molecule has 6 nitrogen and oxygen atoms in total. The maximum Gasteiger partial charge on any atom is 0.336 e. The highest BCUT2D eigenvalue weighted by molar-refractivity contribution is 7.99. The molecular formula is C13H9NO5S. The molecule has 1 aromatic carbocycles. The van der Waals surface area contributed by atoms with Crippen molar-refractivity contribution in [3.63, 3.8) is 0 Å². The monoisotopic (exact) mass is 291 g/mol. The molecule has 2 aromatic heterocycles. The van der Waals surface area contributed by atoms with Gasteiger partial charge in [0.05, 0.1) is 5.39 Å². The number of carboxylic acids is 1. The first kappa shape index (κ1) is 12.7. The van der Waals surface area contributed by atoms with Crippen LogP contribution in [0.15, 0.2) is 37.1 Å². The minimum Gasteiger partial charge on any atom is -0.481 e. The molecule has 1 N–H and O–H groups in total. The van der Waals surface area contributed by atoms with Gasteiger partial charge in [0.15, 0.2) is 5.58 Å². The summed E-state index contributed by atoms with van der Waals surface area (Å²) in [6, 6.07) is 4.68. The van der Waals surface area contributed by atoms with E-state index in [1.807, 2.05) is 0 Å². The maximum absolute atomic E-state index is 11.3. The van der Waals surface area contributed by atoms with Crippen LogP contribution in [0.5, 0.6) is 0 Å². The highest BCUT2D eigenvalue weighted by atomic mass is 32.2. The summed E-state index contributed by atoms with van der Waals surface area (Å²) in [5, 5.41) is 9.64. The number of carboxylic acid groups (broad SMARTS) is 1. The third-order valence-electron chi connectivity index (χ3n) is 2.76. The molecular weight excluding hydrogens is 282 g/mol. The zero-order valence-corrected chi connectivity index (χ0v) is 11.2. The molecule has 0 aliphatic rings.